The van der Waals surface area contributed by atoms with Gasteiger partial charge in [-0.15, -0.1) is 0 Å². The van der Waals surface area contributed by atoms with E-state index < -0.39 is 17.8 Å². The molecule has 1 aliphatic heterocycles. The average molecular weight is 269 g/mol. The topological polar surface area (TPSA) is 74.7 Å². The van der Waals surface area contributed by atoms with E-state index in [2.05, 4.69) is 10.3 Å². The van der Waals surface area contributed by atoms with Crippen molar-refractivity contribution in [3.63, 3.8) is 0 Å². The van der Waals surface area contributed by atoms with Gasteiger partial charge in [-0.2, -0.15) is 0 Å². The Balaban J connectivity index is 2.19. The van der Waals surface area contributed by atoms with E-state index in [1.54, 1.807) is 0 Å². The number of morpholine rings is 1. The van der Waals surface area contributed by atoms with Crippen LogP contribution in [0.5, 0.6) is 0 Å². The van der Waals surface area contributed by atoms with Crippen molar-refractivity contribution in [2.24, 2.45) is 0 Å². The van der Waals surface area contributed by atoms with Crippen molar-refractivity contribution in [2.45, 2.75) is 6.10 Å². The zero-order chi connectivity index (χ0) is 13.8. The predicted molar refractivity (Wildman–Crippen MR) is 66.5 cm³/mol. The Hall–Kier alpha value is -1.73. The molecule has 1 amide bonds. The number of aliphatic hydroxyl groups is 1. The molecule has 1 atom stereocenters. The summed E-state index contributed by atoms with van der Waals surface area (Å²) < 4.78 is 19.3. The summed E-state index contributed by atoms with van der Waals surface area (Å²) in [6.07, 6.45) is 0.970. The third-order valence-corrected chi connectivity index (χ3v) is 2.99. The largest absolute Gasteiger partial charge is 0.394 e. The number of nitrogens with one attached hydrogen (secondary N) is 1. The molecule has 0 saturated carbocycles. The van der Waals surface area contributed by atoms with E-state index in [-0.39, 0.29) is 24.5 Å². The number of nitrogens with zero attached hydrogens (tertiary/aromatic N) is 2. The highest BCUT2D eigenvalue weighted by atomic mass is 19.1. The van der Waals surface area contributed by atoms with Crippen LogP contribution < -0.4 is 5.32 Å². The van der Waals surface area contributed by atoms with Crippen LogP contribution in [0.25, 0.3) is 0 Å². The first-order chi connectivity index (χ1) is 9.17. The lowest BCUT2D eigenvalue weighted by Crippen LogP contribution is -2.47. The highest BCUT2D eigenvalue weighted by molar-refractivity contribution is 5.95. The molecule has 1 aromatic heterocycles. The van der Waals surface area contributed by atoms with Gasteiger partial charge < -0.3 is 20.1 Å². The van der Waals surface area contributed by atoms with Gasteiger partial charge in [0.05, 0.1) is 24.9 Å². The molecular formula is C12H16FN3O3. The van der Waals surface area contributed by atoms with Crippen molar-refractivity contribution in [2.75, 3.05) is 38.7 Å². The van der Waals surface area contributed by atoms with Crippen molar-refractivity contribution in [1.29, 1.82) is 0 Å². The van der Waals surface area contributed by atoms with Crippen LogP contribution in [-0.2, 0) is 4.74 Å². The monoisotopic (exact) mass is 269 g/mol. The quantitative estimate of drug-likeness (QED) is 0.814. The third kappa shape index (κ3) is 2.82. The summed E-state index contributed by atoms with van der Waals surface area (Å²) in [7, 11) is 1.54. The fourth-order valence-corrected chi connectivity index (χ4v) is 1.97. The average Bonchev–Trinajstić information content (AvgIpc) is 2.47. The fourth-order valence-electron chi connectivity index (χ4n) is 1.97. The molecule has 7 heteroatoms. The van der Waals surface area contributed by atoms with Gasteiger partial charge in [-0.25, -0.2) is 9.37 Å². The minimum atomic E-state index is -0.665. The summed E-state index contributed by atoms with van der Waals surface area (Å²) >= 11 is 0. The highest BCUT2D eigenvalue weighted by Gasteiger charge is 2.27. The first kappa shape index (κ1) is 13.7. The Morgan fingerprint density at radius 2 is 2.53 bits per heavy atom. The maximum atomic E-state index is 14.0. The van der Waals surface area contributed by atoms with E-state index in [1.807, 2.05) is 0 Å². The molecule has 0 aromatic carbocycles. The molecule has 1 saturated heterocycles. The minimum absolute atomic E-state index is 0.0297. The molecule has 19 heavy (non-hydrogen) atoms. The Bertz CT molecular complexity index is 470. The number of aliphatic hydroxyl groups excluding tert-OH is 1. The molecule has 1 aromatic rings. The number of ether oxygens (including phenoxy) is 1. The Kier molecular flexibility index (Phi) is 4.28. The summed E-state index contributed by atoms with van der Waals surface area (Å²) in [6, 6.07) is 1.35. The molecule has 1 fully saturated rings. The summed E-state index contributed by atoms with van der Waals surface area (Å²) in [4.78, 5) is 17.5. The van der Waals surface area contributed by atoms with Gasteiger partial charge in [-0.05, 0) is 6.07 Å². The van der Waals surface area contributed by atoms with Crippen LogP contribution in [0.2, 0.25) is 0 Å². The van der Waals surface area contributed by atoms with Crippen molar-refractivity contribution in [3.8, 4) is 0 Å². The zero-order valence-electron chi connectivity index (χ0n) is 10.6. The van der Waals surface area contributed by atoms with Crippen molar-refractivity contribution in [1.82, 2.24) is 9.88 Å². The van der Waals surface area contributed by atoms with Gasteiger partial charge in [-0.1, -0.05) is 0 Å². The van der Waals surface area contributed by atoms with Crippen molar-refractivity contribution in [3.05, 3.63) is 23.6 Å². The zero-order valence-corrected chi connectivity index (χ0v) is 10.6. The van der Waals surface area contributed by atoms with Gasteiger partial charge in [0.2, 0.25) is 0 Å². The molecule has 2 heterocycles. The van der Waals surface area contributed by atoms with E-state index in [0.717, 1.165) is 0 Å². The van der Waals surface area contributed by atoms with Crippen LogP contribution >= 0.6 is 0 Å². The molecule has 2 N–H and O–H groups in total. The Morgan fingerprint density at radius 3 is 3.21 bits per heavy atom. The molecular weight excluding hydrogens is 253 g/mol. The van der Waals surface area contributed by atoms with Gasteiger partial charge in [0.25, 0.3) is 5.91 Å². The second-order valence-electron chi connectivity index (χ2n) is 4.20. The standard InChI is InChI=1S/C12H16FN3O3/c1-14-11-10(13)9(2-3-15-11)12(18)16-4-5-19-8(6-16)7-17/h2-3,8,17H,4-7H2,1H3,(H,14,15). The normalized spacial score (nSPS) is 19.3. The molecule has 0 aliphatic carbocycles. The number of halogens is 1. The van der Waals surface area contributed by atoms with Gasteiger partial charge in [0.15, 0.2) is 11.6 Å². The molecule has 1 unspecified atom stereocenters. The van der Waals surface area contributed by atoms with Crippen molar-refractivity contribution >= 4 is 11.7 Å². The lowest BCUT2D eigenvalue weighted by molar-refractivity contribution is -0.0448. The second-order valence-corrected chi connectivity index (χ2v) is 4.20. The fraction of sp³-hybridized carbons (Fsp3) is 0.500. The maximum Gasteiger partial charge on any atom is 0.257 e. The Labute approximate surface area is 110 Å². The molecule has 2 rings (SSSR count). The molecule has 0 radical (unpaired) electrons. The number of carbonyl (C=O) groups excluding carboxylic acids is 1. The van der Waals surface area contributed by atoms with E-state index in [9.17, 15) is 9.18 Å². The lowest BCUT2D eigenvalue weighted by Gasteiger charge is -2.32. The van der Waals surface area contributed by atoms with Crippen LogP contribution in [0.15, 0.2) is 12.3 Å². The van der Waals surface area contributed by atoms with Gasteiger partial charge in [0, 0.05) is 26.3 Å². The van der Waals surface area contributed by atoms with E-state index in [4.69, 9.17) is 9.84 Å². The molecule has 6 nitrogen and oxygen atoms in total. The molecule has 1 aliphatic rings. The van der Waals surface area contributed by atoms with Crippen LogP contribution in [0, 0.1) is 5.82 Å². The lowest BCUT2D eigenvalue weighted by atomic mass is 10.2. The first-order valence-corrected chi connectivity index (χ1v) is 6.01. The van der Waals surface area contributed by atoms with E-state index >= 15 is 0 Å². The number of aromatic nitrogens is 1. The number of rotatable bonds is 3. The molecule has 0 bridgehead atoms. The summed E-state index contributed by atoms with van der Waals surface area (Å²) in [5, 5.41) is 11.6. The predicted octanol–water partition coefficient (Wildman–Crippen LogP) is 0.0957. The highest BCUT2D eigenvalue weighted by Crippen LogP contribution is 2.17. The first-order valence-electron chi connectivity index (χ1n) is 6.01. The van der Waals surface area contributed by atoms with Gasteiger partial charge >= 0.3 is 0 Å². The summed E-state index contributed by atoms with van der Waals surface area (Å²) in [6.45, 7) is 0.810. The van der Waals surface area contributed by atoms with E-state index in [1.165, 1.54) is 24.2 Å². The SMILES string of the molecule is CNc1nccc(C(=O)N2CCOC(CO)C2)c1F. The van der Waals surface area contributed by atoms with Crippen LogP contribution in [0.1, 0.15) is 10.4 Å². The van der Waals surface area contributed by atoms with Crippen LogP contribution in [-0.4, -0.2) is 60.4 Å². The van der Waals surface area contributed by atoms with Crippen LogP contribution in [0.3, 0.4) is 0 Å². The van der Waals surface area contributed by atoms with Crippen LogP contribution in [0.4, 0.5) is 10.2 Å². The number of hydrogen-bond donors (Lipinski definition) is 2. The second kappa shape index (κ2) is 5.94. The van der Waals surface area contributed by atoms with E-state index in [0.29, 0.717) is 13.2 Å². The Morgan fingerprint density at radius 1 is 1.74 bits per heavy atom. The summed E-state index contributed by atoms with van der Waals surface area (Å²) in [5.41, 5.74) is -0.0297. The third-order valence-electron chi connectivity index (χ3n) is 2.99. The smallest absolute Gasteiger partial charge is 0.257 e. The molecule has 104 valence electrons. The number of hydrogen-bond acceptors (Lipinski definition) is 5. The number of amides is 1. The maximum absolute atomic E-state index is 14.0. The number of carbonyl (C=O) groups is 1. The molecule has 0 spiro atoms. The minimum Gasteiger partial charge on any atom is -0.394 e. The number of anilines is 1. The summed E-state index contributed by atoms with van der Waals surface area (Å²) in [5.74, 6) is -1.04. The van der Waals surface area contributed by atoms with Crippen molar-refractivity contribution < 1.29 is 19.0 Å². The van der Waals surface area contributed by atoms with Gasteiger partial charge in [0.1, 0.15) is 0 Å². The van der Waals surface area contributed by atoms with Gasteiger partial charge in [-0.3, -0.25) is 4.79 Å². The number of pyridine rings is 1.